The minimum absolute atomic E-state index is 0.127. The number of nitroso groups, excluding NO2 is 1. The van der Waals surface area contributed by atoms with Crippen LogP contribution in [0.3, 0.4) is 0 Å². The van der Waals surface area contributed by atoms with Crippen molar-refractivity contribution in [1.82, 2.24) is 4.81 Å². The molecule has 2 aromatic rings. The van der Waals surface area contributed by atoms with Gasteiger partial charge in [-0.1, -0.05) is 18.2 Å². The molecule has 4 rings (SSSR count). The van der Waals surface area contributed by atoms with E-state index in [0.29, 0.717) is 12.1 Å². The molecule has 0 atom stereocenters. The van der Waals surface area contributed by atoms with Gasteiger partial charge in [0.05, 0.1) is 12.1 Å². The quantitative estimate of drug-likeness (QED) is 0.630. The molecule has 0 bridgehead atoms. The monoisotopic (exact) mass is 347 g/mol. The van der Waals surface area contributed by atoms with Crippen molar-refractivity contribution in [3.05, 3.63) is 58.5 Å². The average Bonchev–Trinajstić information content (AvgIpc) is 3.01. The van der Waals surface area contributed by atoms with Gasteiger partial charge in [-0.3, -0.25) is 4.79 Å². The summed E-state index contributed by atoms with van der Waals surface area (Å²) in [5, 5.41) is 2.99. The molecule has 1 amide bonds. The van der Waals surface area contributed by atoms with Crippen LogP contribution < -0.4 is 9.64 Å². The fourth-order valence-electron chi connectivity index (χ4n) is 3.54. The molecule has 26 heavy (non-hydrogen) atoms. The van der Waals surface area contributed by atoms with E-state index in [1.807, 2.05) is 30.3 Å². The summed E-state index contributed by atoms with van der Waals surface area (Å²) in [5.41, 5.74) is 2.14. The molecule has 1 fully saturated rings. The van der Waals surface area contributed by atoms with Crippen molar-refractivity contribution in [1.29, 1.82) is 0 Å². The van der Waals surface area contributed by atoms with Gasteiger partial charge in [0.1, 0.15) is 17.5 Å². The van der Waals surface area contributed by atoms with Gasteiger partial charge in [-0.05, 0) is 54.9 Å². The van der Waals surface area contributed by atoms with Crippen LogP contribution in [0.25, 0.3) is 0 Å². The molecule has 0 unspecified atom stereocenters. The largest absolute Gasteiger partial charge is 0.490 e. The lowest BCUT2D eigenvalue weighted by Gasteiger charge is -2.30. The Morgan fingerprint density at radius 3 is 2.65 bits per heavy atom. The second-order valence-corrected chi connectivity index (χ2v) is 6.64. The van der Waals surface area contributed by atoms with E-state index in [4.69, 9.17) is 12.7 Å². The summed E-state index contributed by atoms with van der Waals surface area (Å²) in [6, 6.07) is 12.7. The first-order chi connectivity index (χ1) is 12.7. The Hall–Kier alpha value is -2.67. The lowest BCUT2D eigenvalue weighted by molar-refractivity contribution is 0.0997. The van der Waals surface area contributed by atoms with Crippen LogP contribution in [-0.4, -0.2) is 37.9 Å². The first-order valence-corrected chi connectivity index (χ1v) is 8.69. The fraction of sp³-hybridized carbons (Fsp3) is 0.316. The smallest absolute Gasteiger partial charge is 0.261 e. The normalized spacial score (nSPS) is 18.0. The van der Waals surface area contributed by atoms with Crippen molar-refractivity contribution in [2.75, 3.05) is 18.0 Å². The van der Waals surface area contributed by atoms with Gasteiger partial charge >= 0.3 is 0 Å². The third-order valence-corrected chi connectivity index (χ3v) is 4.92. The number of amides is 1. The molecule has 0 aliphatic carbocycles. The molecule has 0 N–H and O–H groups in total. The molecule has 2 heterocycles. The van der Waals surface area contributed by atoms with Crippen LogP contribution in [0.4, 0.5) is 11.4 Å². The predicted molar refractivity (Wildman–Crippen MR) is 99.8 cm³/mol. The Morgan fingerprint density at radius 1 is 1.12 bits per heavy atom. The van der Waals surface area contributed by atoms with Crippen molar-refractivity contribution in [3.63, 3.8) is 0 Å². The first kappa shape index (κ1) is 16.8. The lowest BCUT2D eigenvalue weighted by atomic mass is 10.0. The predicted octanol–water partition coefficient (Wildman–Crippen LogP) is 3.17. The van der Waals surface area contributed by atoms with Crippen LogP contribution in [0.1, 0.15) is 28.8 Å². The topological polar surface area (TPSA) is 62.2 Å². The maximum atomic E-state index is 12.8. The minimum atomic E-state index is -0.205. The average molecular weight is 347 g/mol. The maximum Gasteiger partial charge on any atom is 0.261 e. The standard InChI is InChI=1S/C19H18BN3O3/c20-22-9-7-15(8-10-22)26-16-5-2-4-14(11-16)23-12-13-3-1-6-17(21-25)18(13)19(23)24/h1-6,11,15H,7-10,12H2. The number of fused-ring (bicyclic) bond motifs is 1. The van der Waals surface area contributed by atoms with Gasteiger partial charge in [0.15, 0.2) is 7.98 Å². The zero-order valence-electron chi connectivity index (χ0n) is 14.3. The van der Waals surface area contributed by atoms with Gasteiger partial charge in [-0.2, -0.15) is 0 Å². The number of benzene rings is 2. The van der Waals surface area contributed by atoms with Crippen molar-refractivity contribution in [2.45, 2.75) is 25.5 Å². The van der Waals surface area contributed by atoms with E-state index in [-0.39, 0.29) is 17.7 Å². The minimum Gasteiger partial charge on any atom is -0.490 e. The van der Waals surface area contributed by atoms with Crippen LogP contribution in [-0.2, 0) is 6.54 Å². The Labute approximate surface area is 153 Å². The van der Waals surface area contributed by atoms with Gasteiger partial charge < -0.3 is 14.4 Å². The highest BCUT2D eigenvalue weighted by Crippen LogP contribution is 2.35. The van der Waals surface area contributed by atoms with Gasteiger partial charge in [-0.15, -0.1) is 4.91 Å². The van der Waals surface area contributed by atoms with E-state index in [2.05, 4.69) is 5.18 Å². The van der Waals surface area contributed by atoms with E-state index in [1.165, 1.54) is 0 Å². The van der Waals surface area contributed by atoms with E-state index >= 15 is 0 Å². The number of hydrogen-bond acceptors (Lipinski definition) is 5. The molecule has 2 aromatic carbocycles. The number of carbonyl (C=O) groups is 1. The zero-order valence-corrected chi connectivity index (χ0v) is 14.3. The summed E-state index contributed by atoms with van der Waals surface area (Å²) in [5.74, 6) is 0.527. The molecule has 2 aliphatic heterocycles. The van der Waals surface area contributed by atoms with E-state index in [1.54, 1.807) is 21.8 Å². The highest BCUT2D eigenvalue weighted by atomic mass is 16.5. The second kappa shape index (κ2) is 6.92. The van der Waals surface area contributed by atoms with Crippen molar-refractivity contribution < 1.29 is 9.53 Å². The van der Waals surface area contributed by atoms with Crippen LogP contribution >= 0.6 is 0 Å². The summed E-state index contributed by atoms with van der Waals surface area (Å²) in [4.78, 5) is 27.2. The number of hydrogen-bond donors (Lipinski definition) is 0. The Morgan fingerprint density at radius 2 is 1.88 bits per heavy atom. The summed E-state index contributed by atoms with van der Waals surface area (Å²) in [7, 11) is 5.78. The number of anilines is 1. The lowest BCUT2D eigenvalue weighted by Crippen LogP contribution is -2.36. The van der Waals surface area contributed by atoms with Crippen molar-refractivity contribution in [3.8, 4) is 5.75 Å². The van der Waals surface area contributed by atoms with E-state index in [9.17, 15) is 9.70 Å². The third-order valence-electron chi connectivity index (χ3n) is 4.92. The summed E-state index contributed by atoms with van der Waals surface area (Å²) in [6.07, 6.45) is 1.88. The van der Waals surface area contributed by atoms with Gasteiger partial charge in [0.25, 0.3) is 5.91 Å². The number of carbonyl (C=O) groups excluding carboxylic acids is 1. The molecule has 0 saturated carbocycles. The van der Waals surface area contributed by atoms with E-state index in [0.717, 1.165) is 42.9 Å². The maximum absolute atomic E-state index is 12.8. The zero-order chi connectivity index (χ0) is 18.1. The molecule has 0 aromatic heterocycles. The molecule has 0 spiro atoms. The molecule has 1 saturated heterocycles. The number of nitrogens with zero attached hydrogens (tertiary/aromatic N) is 3. The summed E-state index contributed by atoms with van der Waals surface area (Å²) in [6.45, 7) is 2.05. The van der Waals surface area contributed by atoms with Gasteiger partial charge in [0.2, 0.25) is 0 Å². The van der Waals surface area contributed by atoms with Crippen LogP contribution in [0.15, 0.2) is 47.6 Å². The number of ether oxygens (including phenoxy) is 1. The highest BCUT2D eigenvalue weighted by molar-refractivity contribution is 6.13. The van der Waals surface area contributed by atoms with Crippen LogP contribution in [0.5, 0.6) is 5.75 Å². The Kier molecular flexibility index (Phi) is 4.47. The first-order valence-electron chi connectivity index (χ1n) is 8.69. The number of rotatable bonds is 4. The Balaban J connectivity index is 1.54. The van der Waals surface area contributed by atoms with E-state index < -0.39 is 0 Å². The SMILES string of the molecule is [B]N1CCC(Oc2cccc(N3Cc4cccc(N=O)c4C3=O)c2)CC1. The molecule has 2 aliphatic rings. The van der Waals surface area contributed by atoms with Crippen molar-refractivity contribution in [2.24, 2.45) is 5.18 Å². The van der Waals surface area contributed by atoms with Crippen LogP contribution in [0.2, 0.25) is 0 Å². The van der Waals surface area contributed by atoms with Crippen LogP contribution in [0, 0.1) is 4.91 Å². The van der Waals surface area contributed by atoms with Gasteiger partial charge in [-0.25, -0.2) is 0 Å². The molecule has 7 heteroatoms. The molecular weight excluding hydrogens is 329 g/mol. The molecule has 130 valence electrons. The molecule has 2 radical (unpaired) electrons. The highest BCUT2D eigenvalue weighted by Gasteiger charge is 2.31. The fourth-order valence-corrected chi connectivity index (χ4v) is 3.54. The van der Waals surface area contributed by atoms with Gasteiger partial charge in [0, 0.05) is 11.8 Å². The molecular formula is C19H18BN3O3. The third kappa shape index (κ3) is 3.10. The number of piperidine rings is 1. The summed E-state index contributed by atoms with van der Waals surface area (Å²) < 4.78 is 6.07. The molecule has 6 nitrogen and oxygen atoms in total. The van der Waals surface area contributed by atoms with Crippen molar-refractivity contribution >= 4 is 25.3 Å². The summed E-state index contributed by atoms with van der Waals surface area (Å²) >= 11 is 0. The Bertz CT molecular complexity index is 850. The second-order valence-electron chi connectivity index (χ2n) is 6.64.